The van der Waals surface area contributed by atoms with Gasteiger partial charge >= 0.3 is 5.97 Å². The normalized spacial score (nSPS) is 15.3. The van der Waals surface area contributed by atoms with Crippen LogP contribution in [0.15, 0.2) is 24.3 Å². The van der Waals surface area contributed by atoms with Crippen molar-refractivity contribution in [2.75, 3.05) is 14.2 Å². The topological polar surface area (TPSA) is 123 Å². The number of carbonyl (C=O) groups is 2. The fourth-order valence-corrected chi connectivity index (χ4v) is 2.89. The number of esters is 1. The molecule has 8 heteroatoms. The first-order chi connectivity index (χ1) is 12.4. The smallest absolute Gasteiger partial charge is 0.343 e. The number of carbonyl (C=O) groups excluding carboxylic acids is 2. The van der Waals surface area contributed by atoms with Crippen LogP contribution < -0.4 is 9.47 Å². The fraction of sp³-hybridized carbons (Fsp3) is 0.222. The highest BCUT2D eigenvalue weighted by Crippen LogP contribution is 2.44. The van der Waals surface area contributed by atoms with Crippen molar-refractivity contribution in [3.63, 3.8) is 0 Å². The molecule has 1 aliphatic rings. The monoisotopic (exact) mass is 360 g/mol. The number of phenols is 3. The molecular formula is C18H16O8. The predicted octanol–water partition coefficient (Wildman–Crippen LogP) is 2.31. The van der Waals surface area contributed by atoms with Crippen LogP contribution in [0.5, 0.6) is 28.7 Å². The van der Waals surface area contributed by atoms with E-state index in [1.54, 1.807) is 12.1 Å². The van der Waals surface area contributed by atoms with Crippen LogP contribution in [0.1, 0.15) is 38.8 Å². The summed E-state index contributed by atoms with van der Waals surface area (Å²) in [4.78, 5) is 24.7. The van der Waals surface area contributed by atoms with Crippen LogP contribution in [0.3, 0.4) is 0 Å². The first kappa shape index (κ1) is 17.4. The average molecular weight is 360 g/mol. The van der Waals surface area contributed by atoms with Crippen LogP contribution in [0.2, 0.25) is 0 Å². The Morgan fingerprint density at radius 3 is 2.42 bits per heavy atom. The summed E-state index contributed by atoms with van der Waals surface area (Å²) < 4.78 is 15.6. The van der Waals surface area contributed by atoms with E-state index >= 15 is 0 Å². The molecule has 136 valence electrons. The van der Waals surface area contributed by atoms with Crippen molar-refractivity contribution < 1.29 is 39.1 Å². The summed E-state index contributed by atoms with van der Waals surface area (Å²) in [5.74, 6) is -2.21. The molecule has 0 radical (unpaired) electrons. The lowest BCUT2D eigenvalue weighted by molar-refractivity contribution is 0.0365. The Bertz CT molecular complexity index is 903. The molecule has 1 aliphatic heterocycles. The highest BCUT2D eigenvalue weighted by molar-refractivity contribution is 6.02. The molecule has 26 heavy (non-hydrogen) atoms. The lowest BCUT2D eigenvalue weighted by Gasteiger charge is -2.12. The second-order valence-corrected chi connectivity index (χ2v) is 5.64. The van der Waals surface area contributed by atoms with Gasteiger partial charge in [0.1, 0.15) is 17.4 Å². The standard InChI is InChI=1S/C18H16O8/c1-24-14-4-3-8-15(26-18(23)16(8)17(14)25-2)7-11(20)9-5-12(21)13(22)6-10(9)19/h3-6,15,19,21-22H,7H2,1-2H3/t15-/m0/s1. The van der Waals surface area contributed by atoms with E-state index in [0.717, 1.165) is 12.1 Å². The summed E-state index contributed by atoms with van der Waals surface area (Å²) in [5, 5.41) is 28.7. The highest BCUT2D eigenvalue weighted by atomic mass is 16.6. The third-order valence-electron chi connectivity index (χ3n) is 4.14. The van der Waals surface area contributed by atoms with Gasteiger partial charge < -0.3 is 29.5 Å². The Balaban J connectivity index is 1.94. The van der Waals surface area contributed by atoms with Gasteiger partial charge in [-0.3, -0.25) is 4.79 Å². The van der Waals surface area contributed by atoms with Gasteiger partial charge in [0.25, 0.3) is 0 Å². The minimum atomic E-state index is -0.875. The zero-order chi connectivity index (χ0) is 19.0. The zero-order valence-electron chi connectivity index (χ0n) is 14.0. The molecule has 0 spiro atoms. The Labute approximate surface area is 148 Å². The molecule has 0 saturated carbocycles. The van der Waals surface area contributed by atoms with Gasteiger partial charge in [-0.25, -0.2) is 4.79 Å². The largest absolute Gasteiger partial charge is 0.507 e. The number of benzene rings is 2. The van der Waals surface area contributed by atoms with Crippen molar-refractivity contribution in [3.05, 3.63) is 41.0 Å². The quantitative estimate of drug-likeness (QED) is 0.321. The van der Waals surface area contributed by atoms with Crippen molar-refractivity contribution in [2.24, 2.45) is 0 Å². The summed E-state index contributed by atoms with van der Waals surface area (Å²) in [6, 6.07) is 5.03. The molecule has 8 nitrogen and oxygen atoms in total. The molecule has 3 N–H and O–H groups in total. The fourth-order valence-electron chi connectivity index (χ4n) is 2.89. The molecule has 1 atom stereocenters. The van der Waals surface area contributed by atoms with Gasteiger partial charge in [-0.2, -0.15) is 0 Å². The van der Waals surface area contributed by atoms with Crippen molar-refractivity contribution >= 4 is 11.8 Å². The number of ether oxygens (including phenoxy) is 3. The van der Waals surface area contributed by atoms with E-state index in [0.29, 0.717) is 11.3 Å². The van der Waals surface area contributed by atoms with Crippen molar-refractivity contribution in [1.29, 1.82) is 0 Å². The summed E-state index contributed by atoms with van der Waals surface area (Å²) in [6.45, 7) is 0. The maximum atomic E-state index is 12.5. The zero-order valence-corrected chi connectivity index (χ0v) is 14.0. The molecule has 0 amide bonds. The second kappa shape index (κ2) is 6.47. The Morgan fingerprint density at radius 2 is 1.77 bits per heavy atom. The second-order valence-electron chi connectivity index (χ2n) is 5.64. The Morgan fingerprint density at radius 1 is 1.08 bits per heavy atom. The summed E-state index contributed by atoms with van der Waals surface area (Å²) in [5.41, 5.74) is 0.455. The average Bonchev–Trinajstić information content (AvgIpc) is 2.92. The number of Topliss-reactive ketones (excluding diaryl/α,β-unsaturated/α-hetero) is 1. The first-order valence-corrected chi connectivity index (χ1v) is 7.61. The van der Waals surface area contributed by atoms with Crippen LogP contribution in [-0.2, 0) is 4.74 Å². The van der Waals surface area contributed by atoms with E-state index in [4.69, 9.17) is 14.2 Å². The van der Waals surface area contributed by atoms with E-state index in [1.807, 2.05) is 0 Å². The molecule has 3 rings (SSSR count). The number of hydrogen-bond acceptors (Lipinski definition) is 8. The van der Waals surface area contributed by atoms with E-state index in [2.05, 4.69) is 0 Å². The van der Waals surface area contributed by atoms with Crippen LogP contribution in [0, 0.1) is 0 Å². The summed E-state index contributed by atoms with van der Waals surface area (Å²) in [6.07, 6.45) is -1.13. The molecule has 2 aromatic carbocycles. The van der Waals surface area contributed by atoms with Crippen molar-refractivity contribution in [3.8, 4) is 28.7 Å². The van der Waals surface area contributed by atoms with Gasteiger partial charge in [-0.05, 0) is 12.1 Å². The molecular weight excluding hydrogens is 344 g/mol. The molecule has 1 heterocycles. The third-order valence-corrected chi connectivity index (χ3v) is 4.14. The number of hydrogen-bond donors (Lipinski definition) is 3. The molecule has 0 unspecified atom stereocenters. The Kier molecular flexibility index (Phi) is 4.33. The number of ketones is 1. The maximum Gasteiger partial charge on any atom is 0.343 e. The number of phenolic OH excluding ortho intramolecular Hbond substituents is 3. The van der Waals surface area contributed by atoms with Crippen LogP contribution in [-0.4, -0.2) is 41.3 Å². The van der Waals surface area contributed by atoms with E-state index in [9.17, 15) is 24.9 Å². The van der Waals surface area contributed by atoms with Gasteiger partial charge in [0.05, 0.1) is 26.2 Å². The molecule has 0 bridgehead atoms. The van der Waals surface area contributed by atoms with E-state index < -0.39 is 35.1 Å². The van der Waals surface area contributed by atoms with Gasteiger partial charge in [0.2, 0.25) is 0 Å². The van der Waals surface area contributed by atoms with Gasteiger partial charge in [-0.15, -0.1) is 0 Å². The summed E-state index contributed by atoms with van der Waals surface area (Å²) >= 11 is 0. The van der Waals surface area contributed by atoms with E-state index in [1.165, 1.54) is 14.2 Å². The minimum absolute atomic E-state index is 0.183. The lowest BCUT2D eigenvalue weighted by atomic mass is 9.97. The maximum absolute atomic E-state index is 12.5. The Hall–Kier alpha value is -3.42. The first-order valence-electron chi connectivity index (χ1n) is 7.61. The summed E-state index contributed by atoms with van der Waals surface area (Å²) in [7, 11) is 2.83. The number of fused-ring (bicyclic) bond motifs is 1. The van der Waals surface area contributed by atoms with Gasteiger partial charge in [-0.1, -0.05) is 6.07 Å². The third kappa shape index (κ3) is 2.75. The van der Waals surface area contributed by atoms with Crippen LogP contribution in [0.4, 0.5) is 0 Å². The predicted molar refractivity (Wildman–Crippen MR) is 88.1 cm³/mol. The molecule has 0 aliphatic carbocycles. The van der Waals surface area contributed by atoms with Crippen molar-refractivity contribution in [2.45, 2.75) is 12.5 Å². The van der Waals surface area contributed by atoms with Crippen LogP contribution >= 0.6 is 0 Å². The lowest BCUT2D eigenvalue weighted by Crippen LogP contribution is -2.08. The number of aromatic hydroxyl groups is 3. The molecule has 0 aromatic heterocycles. The van der Waals surface area contributed by atoms with Gasteiger partial charge in [0, 0.05) is 11.6 Å². The number of rotatable bonds is 5. The van der Waals surface area contributed by atoms with Gasteiger partial charge in [0.15, 0.2) is 28.8 Å². The van der Waals surface area contributed by atoms with E-state index in [-0.39, 0.29) is 23.3 Å². The van der Waals surface area contributed by atoms with Crippen molar-refractivity contribution in [1.82, 2.24) is 0 Å². The highest BCUT2D eigenvalue weighted by Gasteiger charge is 2.37. The molecule has 0 fully saturated rings. The SMILES string of the molecule is COc1ccc2c(c1OC)C(=O)O[C@H]2CC(=O)c1cc(O)c(O)cc1O. The molecule has 2 aromatic rings. The van der Waals surface area contributed by atoms with Crippen LogP contribution in [0.25, 0.3) is 0 Å². The molecule has 0 saturated heterocycles. The number of cyclic esters (lactones) is 1. The minimum Gasteiger partial charge on any atom is -0.507 e. The number of methoxy groups -OCH3 is 2.